The lowest BCUT2D eigenvalue weighted by Crippen LogP contribution is -2.15. The summed E-state index contributed by atoms with van der Waals surface area (Å²) >= 11 is 1.42. The van der Waals surface area contributed by atoms with Crippen molar-refractivity contribution in [2.24, 2.45) is 0 Å². The van der Waals surface area contributed by atoms with Gasteiger partial charge in [-0.1, -0.05) is 6.07 Å². The number of rotatable bonds is 6. The van der Waals surface area contributed by atoms with E-state index in [1.807, 2.05) is 6.07 Å². The quantitative estimate of drug-likeness (QED) is 0.751. The van der Waals surface area contributed by atoms with Crippen LogP contribution < -0.4 is 5.32 Å². The minimum Gasteiger partial charge on any atom is -0.325 e. The molecule has 0 spiro atoms. The molecule has 0 unspecified atom stereocenters. The fraction of sp³-hybridized carbons (Fsp3) is 0.278. The molecule has 0 bridgehead atoms. The van der Waals surface area contributed by atoms with Crippen LogP contribution >= 0.6 is 11.8 Å². The number of hydrogen-bond donors (Lipinski definition) is 1. The second-order valence-electron chi connectivity index (χ2n) is 5.95. The van der Waals surface area contributed by atoms with Crippen molar-refractivity contribution in [1.29, 1.82) is 0 Å². The normalized spacial score (nSPS) is 13.7. The first-order valence-corrected chi connectivity index (χ1v) is 10.6. The lowest BCUT2D eigenvalue weighted by Gasteiger charge is -2.08. The zero-order valence-corrected chi connectivity index (χ0v) is 15.4. The van der Waals surface area contributed by atoms with Crippen LogP contribution in [-0.2, 0) is 27.5 Å². The zero-order chi connectivity index (χ0) is 18.7. The van der Waals surface area contributed by atoms with Gasteiger partial charge in [0.05, 0.1) is 10.6 Å². The standard InChI is InChI=1S/C18H17F2NO3S2/c19-18(20)26(23,24)16-8-5-14(6-9-16)21-17(22)11-25-15-7-4-12-2-1-3-13(12)10-15/h4-10,18H,1-3,11H2,(H,21,22). The van der Waals surface area contributed by atoms with E-state index < -0.39 is 20.5 Å². The number of hydrogen-bond acceptors (Lipinski definition) is 4. The third kappa shape index (κ3) is 4.24. The minimum absolute atomic E-state index is 0.204. The van der Waals surface area contributed by atoms with Crippen LogP contribution in [0.1, 0.15) is 17.5 Å². The van der Waals surface area contributed by atoms with Crippen molar-refractivity contribution >= 4 is 33.2 Å². The molecule has 1 aliphatic rings. The molecule has 26 heavy (non-hydrogen) atoms. The van der Waals surface area contributed by atoms with Gasteiger partial charge in [0.15, 0.2) is 0 Å². The molecule has 2 aromatic rings. The summed E-state index contributed by atoms with van der Waals surface area (Å²) in [4.78, 5) is 12.6. The summed E-state index contributed by atoms with van der Waals surface area (Å²) in [6.07, 6.45) is 3.35. The number of halogens is 2. The van der Waals surface area contributed by atoms with E-state index in [1.165, 1.54) is 41.4 Å². The van der Waals surface area contributed by atoms with Crippen molar-refractivity contribution in [2.75, 3.05) is 11.1 Å². The molecule has 2 aromatic carbocycles. The minimum atomic E-state index is -4.62. The van der Waals surface area contributed by atoms with Gasteiger partial charge in [-0.05, 0) is 66.8 Å². The van der Waals surface area contributed by atoms with E-state index in [4.69, 9.17) is 0 Å². The molecule has 8 heteroatoms. The van der Waals surface area contributed by atoms with Crippen molar-refractivity contribution in [2.45, 2.75) is 34.8 Å². The van der Waals surface area contributed by atoms with Gasteiger partial charge < -0.3 is 5.32 Å². The topological polar surface area (TPSA) is 63.2 Å². The molecule has 1 N–H and O–H groups in total. The fourth-order valence-electron chi connectivity index (χ4n) is 2.81. The maximum absolute atomic E-state index is 12.5. The maximum Gasteiger partial charge on any atom is 0.341 e. The van der Waals surface area contributed by atoms with Gasteiger partial charge in [-0.25, -0.2) is 8.42 Å². The van der Waals surface area contributed by atoms with Gasteiger partial charge in [0, 0.05) is 10.6 Å². The number of anilines is 1. The molecule has 138 valence electrons. The molecule has 0 heterocycles. The number of amides is 1. The number of carbonyl (C=O) groups excluding carboxylic acids is 1. The number of sulfone groups is 1. The summed E-state index contributed by atoms with van der Waals surface area (Å²) in [7, 11) is -4.62. The van der Waals surface area contributed by atoms with Crippen LogP contribution in [0.15, 0.2) is 52.3 Å². The van der Waals surface area contributed by atoms with Crippen molar-refractivity contribution in [3.05, 3.63) is 53.6 Å². The third-order valence-corrected chi connectivity index (χ3v) is 6.53. The van der Waals surface area contributed by atoms with E-state index in [2.05, 4.69) is 17.4 Å². The first-order valence-electron chi connectivity index (χ1n) is 8.03. The molecule has 0 saturated heterocycles. The van der Waals surface area contributed by atoms with Crippen LogP contribution in [0.4, 0.5) is 14.5 Å². The number of thioether (sulfide) groups is 1. The molecule has 4 nitrogen and oxygen atoms in total. The Bertz CT molecular complexity index is 913. The van der Waals surface area contributed by atoms with Gasteiger partial charge >= 0.3 is 5.76 Å². The largest absolute Gasteiger partial charge is 0.341 e. The van der Waals surface area contributed by atoms with Gasteiger partial charge in [-0.2, -0.15) is 8.78 Å². The van der Waals surface area contributed by atoms with Gasteiger partial charge in [0.25, 0.3) is 0 Å². The highest BCUT2D eigenvalue weighted by Gasteiger charge is 2.26. The smallest absolute Gasteiger partial charge is 0.325 e. The Hall–Kier alpha value is -1.93. The van der Waals surface area contributed by atoms with E-state index >= 15 is 0 Å². The van der Waals surface area contributed by atoms with Gasteiger partial charge in [-0.15, -0.1) is 11.8 Å². The summed E-state index contributed by atoms with van der Waals surface area (Å²) in [5, 5.41) is 2.63. The number of carbonyl (C=O) groups is 1. The third-order valence-electron chi connectivity index (χ3n) is 4.14. The second-order valence-corrected chi connectivity index (χ2v) is 8.92. The monoisotopic (exact) mass is 397 g/mol. The Kier molecular flexibility index (Phi) is 5.62. The van der Waals surface area contributed by atoms with Crippen LogP contribution in [-0.4, -0.2) is 25.8 Å². The number of aryl methyl sites for hydroxylation is 2. The molecule has 0 fully saturated rings. The predicted molar refractivity (Wildman–Crippen MR) is 97.5 cm³/mol. The average molecular weight is 397 g/mol. The van der Waals surface area contributed by atoms with Gasteiger partial charge in [-0.3, -0.25) is 4.79 Å². The Morgan fingerprint density at radius 3 is 2.46 bits per heavy atom. The summed E-state index contributed by atoms with van der Waals surface area (Å²) < 4.78 is 47.7. The molecular formula is C18H17F2NO3S2. The molecule has 1 amide bonds. The van der Waals surface area contributed by atoms with E-state index in [-0.39, 0.29) is 11.7 Å². The van der Waals surface area contributed by atoms with Crippen LogP contribution in [0.5, 0.6) is 0 Å². The van der Waals surface area contributed by atoms with Crippen LogP contribution in [0, 0.1) is 0 Å². The lowest BCUT2D eigenvalue weighted by molar-refractivity contribution is -0.113. The van der Waals surface area contributed by atoms with Crippen molar-refractivity contribution in [3.8, 4) is 0 Å². The van der Waals surface area contributed by atoms with Crippen LogP contribution in [0.25, 0.3) is 0 Å². The summed E-state index contributed by atoms with van der Waals surface area (Å²) in [6.45, 7) is 0. The van der Waals surface area contributed by atoms with Crippen molar-refractivity contribution in [1.82, 2.24) is 0 Å². The van der Waals surface area contributed by atoms with Crippen molar-refractivity contribution < 1.29 is 22.0 Å². The number of benzene rings is 2. The SMILES string of the molecule is O=C(CSc1ccc2c(c1)CCC2)Nc1ccc(S(=O)(=O)C(F)F)cc1. The molecule has 0 radical (unpaired) electrons. The Morgan fingerprint density at radius 2 is 1.77 bits per heavy atom. The van der Waals surface area contributed by atoms with E-state index in [0.717, 1.165) is 29.9 Å². The average Bonchev–Trinajstić information content (AvgIpc) is 3.08. The molecule has 0 aliphatic heterocycles. The first-order chi connectivity index (χ1) is 12.4. The summed E-state index contributed by atoms with van der Waals surface area (Å²) in [6, 6.07) is 10.9. The van der Waals surface area contributed by atoms with E-state index in [0.29, 0.717) is 5.69 Å². The molecule has 0 saturated carbocycles. The van der Waals surface area contributed by atoms with Crippen LogP contribution in [0.2, 0.25) is 0 Å². The molecule has 0 atom stereocenters. The van der Waals surface area contributed by atoms with Gasteiger partial charge in [0.1, 0.15) is 0 Å². The lowest BCUT2D eigenvalue weighted by atomic mass is 10.1. The summed E-state index contributed by atoms with van der Waals surface area (Å²) in [5.41, 5.74) is 3.07. The Labute approximate surface area is 154 Å². The molecule has 3 rings (SSSR count). The first kappa shape index (κ1) is 18.8. The number of alkyl halides is 2. The van der Waals surface area contributed by atoms with Gasteiger partial charge in [0.2, 0.25) is 15.7 Å². The molecule has 0 aromatic heterocycles. The summed E-state index contributed by atoms with van der Waals surface area (Å²) in [5.74, 6) is -3.51. The second kappa shape index (κ2) is 7.75. The molecule has 1 aliphatic carbocycles. The van der Waals surface area contributed by atoms with Crippen molar-refractivity contribution in [3.63, 3.8) is 0 Å². The van der Waals surface area contributed by atoms with E-state index in [9.17, 15) is 22.0 Å². The Balaban J connectivity index is 1.57. The highest BCUT2D eigenvalue weighted by molar-refractivity contribution is 8.00. The molecular weight excluding hydrogens is 380 g/mol. The highest BCUT2D eigenvalue weighted by Crippen LogP contribution is 2.27. The maximum atomic E-state index is 12.5. The number of nitrogens with one attached hydrogen (secondary N) is 1. The number of fused-ring (bicyclic) bond motifs is 1. The van der Waals surface area contributed by atoms with E-state index in [1.54, 1.807) is 0 Å². The van der Waals surface area contributed by atoms with Crippen LogP contribution in [0.3, 0.4) is 0 Å². The zero-order valence-electron chi connectivity index (χ0n) is 13.7. The fourth-order valence-corrected chi connectivity index (χ4v) is 4.30. The predicted octanol–water partition coefficient (Wildman–Crippen LogP) is 3.90. The highest BCUT2D eigenvalue weighted by atomic mass is 32.2. The Morgan fingerprint density at radius 1 is 1.08 bits per heavy atom.